The summed E-state index contributed by atoms with van der Waals surface area (Å²) in [4.78, 5) is 15.0. The first-order chi connectivity index (χ1) is 15.4. The number of anilines is 1. The molecule has 0 bridgehead atoms. The van der Waals surface area contributed by atoms with Crippen LogP contribution in [0.2, 0.25) is 0 Å². The number of nitrogens with one attached hydrogen (secondary N) is 1. The Balaban J connectivity index is 0.000000352. The SMILES string of the molecule is COc1c(C(N)=O)ccc(F)c1-c1ccc(NCC2CC(F)C2)nn1.Fc1cccnc1. The van der Waals surface area contributed by atoms with Crippen LogP contribution in [0.4, 0.5) is 19.0 Å². The number of methoxy groups -OCH3 is 1. The monoisotopic (exact) mass is 445 g/mol. The number of aromatic nitrogens is 3. The average Bonchev–Trinajstić information content (AvgIpc) is 2.77. The van der Waals surface area contributed by atoms with Gasteiger partial charge in [-0.3, -0.25) is 9.78 Å². The Kier molecular flexibility index (Phi) is 7.58. The topological polar surface area (TPSA) is 103 Å². The lowest BCUT2D eigenvalue weighted by molar-refractivity contribution is 0.0997. The van der Waals surface area contributed by atoms with Crippen molar-refractivity contribution in [1.82, 2.24) is 15.2 Å². The summed E-state index contributed by atoms with van der Waals surface area (Å²) in [5, 5.41) is 11.1. The van der Waals surface area contributed by atoms with E-state index in [0.717, 1.165) is 6.07 Å². The summed E-state index contributed by atoms with van der Waals surface area (Å²) in [7, 11) is 1.32. The second-order valence-corrected chi connectivity index (χ2v) is 7.16. The average molecular weight is 445 g/mol. The molecule has 3 aromatic rings. The molecular formula is C22H22F3N5O2. The second-order valence-electron chi connectivity index (χ2n) is 7.16. The number of halogens is 3. The lowest BCUT2D eigenvalue weighted by Crippen LogP contribution is -2.30. The zero-order chi connectivity index (χ0) is 23.1. The number of hydrogen-bond acceptors (Lipinski definition) is 6. The third kappa shape index (κ3) is 5.71. The predicted molar refractivity (Wildman–Crippen MR) is 113 cm³/mol. The first-order valence-corrected chi connectivity index (χ1v) is 9.83. The standard InChI is InChI=1S/C17H18F2N4O2.C5H4FN/c1-25-16-11(17(20)24)2-3-12(19)15(16)13-4-5-14(23-22-13)21-8-9-6-10(18)7-9;6-5-2-1-3-7-4-5/h2-5,9-10H,6-8H2,1H3,(H2,20,24)(H,21,23);1-4H. The highest BCUT2D eigenvalue weighted by Gasteiger charge is 2.28. The Morgan fingerprint density at radius 3 is 2.47 bits per heavy atom. The number of rotatable bonds is 6. The second kappa shape index (κ2) is 10.6. The molecule has 1 saturated carbocycles. The Hall–Kier alpha value is -3.69. The van der Waals surface area contributed by atoms with Crippen LogP contribution in [0.25, 0.3) is 11.3 Å². The van der Waals surface area contributed by atoms with Gasteiger partial charge in [0.2, 0.25) is 0 Å². The summed E-state index contributed by atoms with van der Waals surface area (Å²) in [6.45, 7) is 0.614. The molecule has 0 radical (unpaired) electrons. The van der Waals surface area contributed by atoms with E-state index in [2.05, 4.69) is 20.5 Å². The van der Waals surface area contributed by atoms with Crippen molar-refractivity contribution in [2.24, 2.45) is 11.7 Å². The van der Waals surface area contributed by atoms with E-state index in [0.29, 0.717) is 31.1 Å². The van der Waals surface area contributed by atoms with Gasteiger partial charge in [0.15, 0.2) is 0 Å². The molecule has 0 aliphatic heterocycles. The number of alkyl halides is 1. The van der Waals surface area contributed by atoms with Crippen LogP contribution in [0.15, 0.2) is 48.8 Å². The number of amides is 1. The maximum absolute atomic E-state index is 14.3. The molecule has 1 aromatic carbocycles. The number of pyridine rings is 1. The maximum Gasteiger partial charge on any atom is 0.252 e. The molecule has 0 atom stereocenters. The Labute approximate surface area is 182 Å². The van der Waals surface area contributed by atoms with Crippen LogP contribution in [-0.4, -0.2) is 40.9 Å². The van der Waals surface area contributed by atoms with Crippen LogP contribution in [0.5, 0.6) is 5.75 Å². The quantitative estimate of drug-likeness (QED) is 0.599. The van der Waals surface area contributed by atoms with Crippen molar-refractivity contribution >= 4 is 11.7 Å². The first kappa shape index (κ1) is 23.0. The Bertz CT molecular complexity index is 1050. The van der Waals surface area contributed by atoms with Gasteiger partial charge in [-0.25, -0.2) is 13.2 Å². The van der Waals surface area contributed by atoms with Gasteiger partial charge in [-0.1, -0.05) is 0 Å². The number of benzene rings is 1. The number of primary amides is 1. The van der Waals surface area contributed by atoms with E-state index in [-0.39, 0.29) is 28.4 Å². The van der Waals surface area contributed by atoms with Gasteiger partial charge in [0.25, 0.3) is 5.91 Å². The van der Waals surface area contributed by atoms with E-state index in [1.54, 1.807) is 18.2 Å². The molecule has 10 heteroatoms. The smallest absolute Gasteiger partial charge is 0.252 e. The molecule has 2 heterocycles. The fraction of sp³-hybridized carbons (Fsp3) is 0.273. The zero-order valence-corrected chi connectivity index (χ0v) is 17.3. The number of hydrogen-bond donors (Lipinski definition) is 2. The van der Waals surface area contributed by atoms with Crippen molar-refractivity contribution in [1.29, 1.82) is 0 Å². The predicted octanol–water partition coefficient (Wildman–Crippen LogP) is 3.77. The molecule has 4 rings (SSSR count). The van der Waals surface area contributed by atoms with E-state index in [9.17, 15) is 18.0 Å². The lowest BCUT2D eigenvalue weighted by Gasteiger charge is -2.29. The molecule has 32 heavy (non-hydrogen) atoms. The van der Waals surface area contributed by atoms with Crippen molar-refractivity contribution in [2.45, 2.75) is 19.0 Å². The highest BCUT2D eigenvalue weighted by Crippen LogP contribution is 2.34. The summed E-state index contributed by atoms with van der Waals surface area (Å²) in [5.41, 5.74) is 5.60. The van der Waals surface area contributed by atoms with Crippen LogP contribution >= 0.6 is 0 Å². The largest absolute Gasteiger partial charge is 0.495 e. The van der Waals surface area contributed by atoms with Gasteiger partial charge < -0.3 is 15.8 Å². The molecule has 1 fully saturated rings. The summed E-state index contributed by atoms with van der Waals surface area (Å²) >= 11 is 0. The Morgan fingerprint density at radius 2 is 1.97 bits per heavy atom. The summed E-state index contributed by atoms with van der Waals surface area (Å²) in [6.07, 6.45) is 3.11. The molecule has 1 aliphatic carbocycles. The summed E-state index contributed by atoms with van der Waals surface area (Å²) in [5.74, 6) is -0.789. The number of carbonyl (C=O) groups is 1. The third-order valence-corrected chi connectivity index (χ3v) is 4.87. The first-order valence-electron chi connectivity index (χ1n) is 9.83. The van der Waals surface area contributed by atoms with E-state index >= 15 is 0 Å². The van der Waals surface area contributed by atoms with Gasteiger partial charge in [-0.2, -0.15) is 0 Å². The van der Waals surface area contributed by atoms with Crippen LogP contribution in [0.1, 0.15) is 23.2 Å². The summed E-state index contributed by atoms with van der Waals surface area (Å²) < 4.78 is 44.1. The van der Waals surface area contributed by atoms with Crippen molar-refractivity contribution < 1.29 is 22.7 Å². The van der Waals surface area contributed by atoms with E-state index < -0.39 is 17.9 Å². The molecule has 3 N–H and O–H groups in total. The van der Waals surface area contributed by atoms with Crippen LogP contribution in [-0.2, 0) is 0 Å². The molecule has 1 amide bonds. The molecule has 0 unspecified atom stereocenters. The molecule has 0 spiro atoms. The lowest BCUT2D eigenvalue weighted by atomic mass is 9.83. The molecule has 168 valence electrons. The van der Waals surface area contributed by atoms with Gasteiger partial charge in [0, 0.05) is 12.7 Å². The number of carbonyl (C=O) groups excluding carboxylic acids is 1. The fourth-order valence-corrected chi connectivity index (χ4v) is 3.18. The molecule has 2 aromatic heterocycles. The van der Waals surface area contributed by atoms with Gasteiger partial charge in [0.1, 0.15) is 29.4 Å². The Morgan fingerprint density at radius 1 is 1.19 bits per heavy atom. The normalized spacial score (nSPS) is 16.9. The van der Waals surface area contributed by atoms with Gasteiger partial charge in [0.05, 0.1) is 30.1 Å². The zero-order valence-electron chi connectivity index (χ0n) is 17.3. The fourth-order valence-electron chi connectivity index (χ4n) is 3.18. The number of nitrogens with zero attached hydrogens (tertiary/aromatic N) is 3. The minimum atomic E-state index is -0.726. The molecular weight excluding hydrogens is 423 g/mol. The van der Waals surface area contributed by atoms with Crippen LogP contribution in [0.3, 0.4) is 0 Å². The molecule has 0 saturated heterocycles. The van der Waals surface area contributed by atoms with E-state index in [4.69, 9.17) is 10.5 Å². The van der Waals surface area contributed by atoms with Gasteiger partial charge in [-0.05, 0) is 55.2 Å². The minimum absolute atomic E-state index is 0.0194. The number of ether oxygens (including phenoxy) is 1. The molecule has 7 nitrogen and oxygen atoms in total. The van der Waals surface area contributed by atoms with Crippen LogP contribution < -0.4 is 15.8 Å². The van der Waals surface area contributed by atoms with E-state index in [1.807, 2.05) is 0 Å². The maximum atomic E-state index is 14.3. The highest BCUT2D eigenvalue weighted by atomic mass is 19.1. The summed E-state index contributed by atoms with van der Waals surface area (Å²) in [6, 6.07) is 8.52. The van der Waals surface area contributed by atoms with Crippen molar-refractivity contribution in [3.05, 3.63) is 66.0 Å². The van der Waals surface area contributed by atoms with Gasteiger partial charge in [-0.15, -0.1) is 10.2 Å². The van der Waals surface area contributed by atoms with Crippen molar-refractivity contribution in [3.8, 4) is 17.0 Å². The van der Waals surface area contributed by atoms with Crippen molar-refractivity contribution in [2.75, 3.05) is 19.0 Å². The van der Waals surface area contributed by atoms with E-state index in [1.165, 1.54) is 31.6 Å². The van der Waals surface area contributed by atoms with Crippen LogP contribution in [0, 0.1) is 17.6 Å². The number of nitrogens with two attached hydrogens (primary N) is 1. The minimum Gasteiger partial charge on any atom is -0.495 e. The third-order valence-electron chi connectivity index (χ3n) is 4.87. The molecule has 1 aliphatic rings. The van der Waals surface area contributed by atoms with Crippen molar-refractivity contribution in [3.63, 3.8) is 0 Å². The highest BCUT2D eigenvalue weighted by molar-refractivity contribution is 5.98. The van der Waals surface area contributed by atoms with Gasteiger partial charge >= 0.3 is 0 Å².